The molecule has 2 heterocycles. The minimum absolute atomic E-state index is 0.237. The maximum atomic E-state index is 5.68. The van der Waals surface area contributed by atoms with E-state index in [-0.39, 0.29) is 6.10 Å². The van der Waals surface area contributed by atoms with Crippen LogP contribution in [0.4, 0.5) is 0 Å². The summed E-state index contributed by atoms with van der Waals surface area (Å²) in [4.78, 5) is 2.30. The summed E-state index contributed by atoms with van der Waals surface area (Å²) in [5, 5.41) is 4.48. The number of hydrogen-bond donors (Lipinski definition) is 0. The summed E-state index contributed by atoms with van der Waals surface area (Å²) in [5.41, 5.74) is 3.56. The first-order valence-corrected chi connectivity index (χ1v) is 8.19. The third kappa shape index (κ3) is 4.64. The van der Waals surface area contributed by atoms with Crippen LogP contribution in [-0.4, -0.2) is 54.2 Å². The van der Waals surface area contributed by atoms with Crippen molar-refractivity contribution in [3.8, 4) is 5.69 Å². The predicted octanol–water partition coefficient (Wildman–Crippen LogP) is 2.42. The molecule has 0 saturated carbocycles. The van der Waals surface area contributed by atoms with Crippen LogP contribution in [0.15, 0.2) is 36.7 Å². The molecular weight excluding hydrogens is 290 g/mol. The highest BCUT2D eigenvalue weighted by molar-refractivity contribution is 5.35. The van der Waals surface area contributed by atoms with Crippen molar-refractivity contribution in [3.05, 3.63) is 47.8 Å². The van der Waals surface area contributed by atoms with Gasteiger partial charge in [0.1, 0.15) is 0 Å². The Morgan fingerprint density at radius 2 is 2.26 bits per heavy atom. The molecule has 0 N–H and O–H groups in total. The number of aromatic nitrogens is 2. The molecule has 23 heavy (non-hydrogen) atoms. The lowest BCUT2D eigenvalue weighted by molar-refractivity contribution is -0.0923. The second kappa shape index (κ2) is 7.73. The van der Waals surface area contributed by atoms with Crippen molar-refractivity contribution in [1.29, 1.82) is 0 Å². The standard InChI is InChI=1S/C18H25N3O2/c1-15-4-3-5-17(10-15)21-13-16(11-19-21)12-20(2)7-6-18-14-22-8-9-23-18/h3-5,10-11,13,18H,6-9,12,14H2,1-2H3. The fourth-order valence-electron chi connectivity index (χ4n) is 2.81. The van der Waals surface area contributed by atoms with Crippen LogP contribution in [0.3, 0.4) is 0 Å². The SMILES string of the molecule is Cc1cccc(-n2cc(CN(C)CCC3COCCO3)cn2)c1. The lowest BCUT2D eigenvalue weighted by Gasteiger charge is -2.25. The summed E-state index contributed by atoms with van der Waals surface area (Å²) in [6, 6.07) is 8.37. The van der Waals surface area contributed by atoms with Crippen LogP contribution in [0.2, 0.25) is 0 Å². The van der Waals surface area contributed by atoms with Crippen LogP contribution in [0, 0.1) is 6.92 Å². The van der Waals surface area contributed by atoms with Gasteiger partial charge in [-0.25, -0.2) is 4.68 Å². The molecule has 124 valence electrons. The number of rotatable bonds is 6. The Hall–Kier alpha value is -1.69. The molecule has 1 atom stereocenters. The Labute approximate surface area is 137 Å². The van der Waals surface area contributed by atoms with Crippen LogP contribution in [-0.2, 0) is 16.0 Å². The first-order chi connectivity index (χ1) is 11.2. The minimum atomic E-state index is 0.237. The van der Waals surface area contributed by atoms with Crippen LogP contribution < -0.4 is 0 Å². The summed E-state index contributed by atoms with van der Waals surface area (Å²) in [5.74, 6) is 0. The Bertz CT molecular complexity index is 620. The van der Waals surface area contributed by atoms with Gasteiger partial charge < -0.3 is 14.4 Å². The summed E-state index contributed by atoms with van der Waals surface area (Å²) in [6.45, 7) is 6.14. The lowest BCUT2D eigenvalue weighted by Crippen LogP contribution is -2.32. The molecule has 0 amide bonds. The van der Waals surface area contributed by atoms with Crippen molar-refractivity contribution in [3.63, 3.8) is 0 Å². The fourth-order valence-corrected chi connectivity index (χ4v) is 2.81. The number of hydrogen-bond acceptors (Lipinski definition) is 4. The van der Waals surface area contributed by atoms with Gasteiger partial charge in [-0.3, -0.25) is 0 Å². The van der Waals surface area contributed by atoms with Gasteiger partial charge in [0, 0.05) is 24.8 Å². The van der Waals surface area contributed by atoms with Crippen LogP contribution >= 0.6 is 0 Å². The summed E-state index contributed by atoms with van der Waals surface area (Å²) in [6.07, 6.45) is 5.29. The zero-order chi connectivity index (χ0) is 16.1. The largest absolute Gasteiger partial charge is 0.376 e. The third-order valence-electron chi connectivity index (χ3n) is 4.07. The Morgan fingerprint density at radius 3 is 3.04 bits per heavy atom. The van der Waals surface area contributed by atoms with E-state index in [1.807, 2.05) is 10.9 Å². The number of benzene rings is 1. The Kier molecular flexibility index (Phi) is 5.43. The zero-order valence-corrected chi connectivity index (χ0v) is 13.9. The van der Waals surface area contributed by atoms with E-state index in [0.717, 1.165) is 45.0 Å². The highest BCUT2D eigenvalue weighted by atomic mass is 16.6. The number of aryl methyl sites for hydroxylation is 1. The molecule has 0 aliphatic carbocycles. The molecule has 5 heteroatoms. The van der Waals surface area contributed by atoms with E-state index in [0.29, 0.717) is 0 Å². The fraction of sp³-hybridized carbons (Fsp3) is 0.500. The minimum Gasteiger partial charge on any atom is -0.376 e. The molecule has 3 rings (SSSR count). The van der Waals surface area contributed by atoms with Crippen molar-refractivity contribution in [2.45, 2.75) is 26.0 Å². The van der Waals surface area contributed by atoms with Crippen LogP contribution in [0.1, 0.15) is 17.5 Å². The summed E-state index contributed by atoms with van der Waals surface area (Å²) >= 11 is 0. The second-order valence-corrected chi connectivity index (χ2v) is 6.23. The smallest absolute Gasteiger partial charge is 0.0821 e. The lowest BCUT2D eigenvalue weighted by atomic mass is 10.2. The van der Waals surface area contributed by atoms with Crippen molar-refractivity contribution in [2.75, 3.05) is 33.4 Å². The Morgan fingerprint density at radius 1 is 1.35 bits per heavy atom. The number of nitrogens with zero attached hydrogens (tertiary/aromatic N) is 3. The third-order valence-corrected chi connectivity index (χ3v) is 4.07. The molecule has 0 spiro atoms. The quantitative estimate of drug-likeness (QED) is 0.821. The van der Waals surface area contributed by atoms with Gasteiger partial charge >= 0.3 is 0 Å². The normalized spacial score (nSPS) is 18.5. The van der Waals surface area contributed by atoms with Gasteiger partial charge in [0.15, 0.2) is 0 Å². The van der Waals surface area contributed by atoms with E-state index < -0.39 is 0 Å². The average Bonchev–Trinajstić information content (AvgIpc) is 3.02. The molecule has 1 aliphatic heterocycles. The molecule has 0 bridgehead atoms. The average molecular weight is 315 g/mol. The van der Waals surface area contributed by atoms with Crippen LogP contribution in [0.25, 0.3) is 5.69 Å². The van der Waals surface area contributed by atoms with E-state index in [2.05, 4.69) is 54.4 Å². The topological polar surface area (TPSA) is 39.5 Å². The number of ether oxygens (including phenoxy) is 2. The maximum absolute atomic E-state index is 5.68. The van der Waals surface area contributed by atoms with E-state index in [1.165, 1.54) is 11.1 Å². The second-order valence-electron chi connectivity index (χ2n) is 6.23. The first-order valence-electron chi connectivity index (χ1n) is 8.19. The Balaban J connectivity index is 1.52. The highest BCUT2D eigenvalue weighted by Crippen LogP contribution is 2.12. The molecule has 5 nitrogen and oxygen atoms in total. The van der Waals surface area contributed by atoms with Gasteiger partial charge in [-0.1, -0.05) is 12.1 Å². The van der Waals surface area contributed by atoms with E-state index in [1.54, 1.807) is 0 Å². The predicted molar refractivity (Wildman–Crippen MR) is 89.8 cm³/mol. The van der Waals surface area contributed by atoms with Crippen LogP contribution in [0.5, 0.6) is 0 Å². The van der Waals surface area contributed by atoms with Gasteiger partial charge in [-0.15, -0.1) is 0 Å². The first kappa shape index (κ1) is 16.2. The molecule has 1 saturated heterocycles. The van der Waals surface area contributed by atoms with E-state index in [9.17, 15) is 0 Å². The molecule has 2 aromatic rings. The summed E-state index contributed by atoms with van der Waals surface area (Å²) < 4.78 is 13.1. The van der Waals surface area contributed by atoms with Gasteiger partial charge in [0.05, 0.1) is 37.8 Å². The van der Waals surface area contributed by atoms with Gasteiger partial charge in [0.25, 0.3) is 0 Å². The monoisotopic (exact) mass is 315 g/mol. The summed E-state index contributed by atoms with van der Waals surface area (Å²) in [7, 11) is 2.13. The molecule has 1 fully saturated rings. The molecule has 1 unspecified atom stereocenters. The van der Waals surface area contributed by atoms with E-state index in [4.69, 9.17) is 9.47 Å². The van der Waals surface area contributed by atoms with Crippen molar-refractivity contribution in [2.24, 2.45) is 0 Å². The molecule has 1 aliphatic rings. The van der Waals surface area contributed by atoms with Gasteiger partial charge in [0.2, 0.25) is 0 Å². The zero-order valence-electron chi connectivity index (χ0n) is 13.9. The van der Waals surface area contributed by atoms with E-state index >= 15 is 0 Å². The molecular formula is C18H25N3O2. The van der Waals surface area contributed by atoms with Crippen molar-refractivity contribution in [1.82, 2.24) is 14.7 Å². The highest BCUT2D eigenvalue weighted by Gasteiger charge is 2.15. The van der Waals surface area contributed by atoms with Crippen molar-refractivity contribution >= 4 is 0 Å². The van der Waals surface area contributed by atoms with Crippen molar-refractivity contribution < 1.29 is 9.47 Å². The molecule has 1 aromatic heterocycles. The maximum Gasteiger partial charge on any atom is 0.0821 e. The van der Waals surface area contributed by atoms with Gasteiger partial charge in [-0.2, -0.15) is 5.10 Å². The molecule has 0 radical (unpaired) electrons. The van der Waals surface area contributed by atoms with Gasteiger partial charge in [-0.05, 0) is 38.1 Å². The molecule has 1 aromatic carbocycles.